The van der Waals surface area contributed by atoms with Gasteiger partial charge in [-0.3, -0.25) is 10.1 Å². The van der Waals surface area contributed by atoms with Crippen molar-refractivity contribution in [2.45, 2.75) is 13.5 Å². The first kappa shape index (κ1) is 11.3. The van der Waals surface area contributed by atoms with E-state index in [0.29, 0.717) is 6.07 Å². The van der Waals surface area contributed by atoms with Gasteiger partial charge in [-0.25, -0.2) is 4.39 Å². The molecule has 0 atom stereocenters. The minimum absolute atomic E-state index is 0.194. The lowest BCUT2D eigenvalue weighted by molar-refractivity contribution is -0.385. The Balaban J connectivity index is 3.19. The Morgan fingerprint density at radius 2 is 2.07 bits per heavy atom. The molecule has 0 aliphatic heterocycles. The van der Waals surface area contributed by atoms with Crippen molar-refractivity contribution in [1.29, 1.82) is 0 Å². The van der Waals surface area contributed by atoms with Crippen LogP contribution >= 0.6 is 0 Å². The molecule has 0 N–H and O–H groups in total. The van der Waals surface area contributed by atoms with Crippen molar-refractivity contribution in [1.82, 2.24) is 0 Å². The molecule has 0 aliphatic rings. The van der Waals surface area contributed by atoms with Crippen molar-refractivity contribution < 1.29 is 22.8 Å². The Labute approximate surface area is 82.4 Å². The van der Waals surface area contributed by atoms with Gasteiger partial charge in [0.2, 0.25) is 0 Å². The molecule has 1 rings (SSSR count). The van der Waals surface area contributed by atoms with E-state index in [0.717, 1.165) is 6.07 Å². The summed E-state index contributed by atoms with van der Waals surface area (Å²) in [6, 6.07) is 1.40. The highest BCUT2D eigenvalue weighted by Crippen LogP contribution is 2.28. The first-order valence-corrected chi connectivity index (χ1v) is 3.81. The van der Waals surface area contributed by atoms with Crippen molar-refractivity contribution in [2.75, 3.05) is 0 Å². The molecular formula is C8H6F3NO3. The summed E-state index contributed by atoms with van der Waals surface area (Å²) < 4.78 is 40.7. The molecule has 82 valence electrons. The van der Waals surface area contributed by atoms with Crippen LogP contribution in [-0.4, -0.2) is 11.5 Å². The van der Waals surface area contributed by atoms with Crippen molar-refractivity contribution in [2.24, 2.45) is 0 Å². The van der Waals surface area contributed by atoms with Crippen molar-refractivity contribution in [3.05, 3.63) is 33.6 Å². The monoisotopic (exact) mass is 221 g/mol. The molecule has 0 bridgehead atoms. The first-order chi connectivity index (χ1) is 6.91. The molecule has 0 aliphatic carbocycles. The Hall–Kier alpha value is -1.79. The molecule has 0 spiro atoms. The Bertz CT molecular complexity index is 395. The van der Waals surface area contributed by atoms with E-state index in [1.807, 2.05) is 0 Å². The minimum atomic E-state index is -3.15. The second-order valence-corrected chi connectivity index (χ2v) is 2.69. The summed E-state index contributed by atoms with van der Waals surface area (Å²) in [5.74, 6) is -1.49. The number of nitro groups is 1. The number of non-ortho nitro benzene ring substituents is 1. The maximum atomic E-state index is 13.0. The SMILES string of the molecule is Cc1c(F)cc([N+](=O)[O-])cc1OC(F)F. The van der Waals surface area contributed by atoms with Gasteiger partial charge in [0, 0.05) is 5.56 Å². The van der Waals surface area contributed by atoms with E-state index in [1.165, 1.54) is 6.92 Å². The lowest BCUT2D eigenvalue weighted by atomic mass is 10.2. The fourth-order valence-corrected chi connectivity index (χ4v) is 0.964. The van der Waals surface area contributed by atoms with Gasteiger partial charge in [0.25, 0.3) is 5.69 Å². The van der Waals surface area contributed by atoms with Gasteiger partial charge < -0.3 is 4.74 Å². The molecular weight excluding hydrogens is 215 g/mol. The largest absolute Gasteiger partial charge is 0.434 e. The third-order valence-electron chi connectivity index (χ3n) is 1.71. The van der Waals surface area contributed by atoms with Crippen LogP contribution in [0.3, 0.4) is 0 Å². The van der Waals surface area contributed by atoms with Crippen LogP contribution in [0.4, 0.5) is 18.9 Å². The number of hydrogen-bond donors (Lipinski definition) is 0. The summed E-state index contributed by atoms with van der Waals surface area (Å²) in [5, 5.41) is 10.3. The Morgan fingerprint density at radius 3 is 2.53 bits per heavy atom. The summed E-state index contributed by atoms with van der Waals surface area (Å²) in [7, 11) is 0. The molecule has 1 aromatic rings. The third kappa shape index (κ3) is 2.58. The Morgan fingerprint density at radius 1 is 1.47 bits per heavy atom. The second-order valence-electron chi connectivity index (χ2n) is 2.69. The van der Waals surface area contributed by atoms with E-state index in [9.17, 15) is 23.3 Å². The van der Waals surface area contributed by atoms with Crippen LogP contribution in [0.5, 0.6) is 5.75 Å². The van der Waals surface area contributed by atoms with Gasteiger partial charge in [-0.1, -0.05) is 0 Å². The van der Waals surface area contributed by atoms with Crippen LogP contribution in [0.25, 0.3) is 0 Å². The van der Waals surface area contributed by atoms with Gasteiger partial charge in [-0.2, -0.15) is 8.78 Å². The third-order valence-corrected chi connectivity index (χ3v) is 1.71. The Kier molecular flexibility index (Phi) is 3.13. The van der Waals surface area contributed by atoms with Crippen molar-refractivity contribution >= 4 is 5.69 Å². The summed E-state index contributed by atoms with van der Waals surface area (Å²) >= 11 is 0. The van der Waals surface area contributed by atoms with E-state index in [4.69, 9.17) is 0 Å². The number of alkyl halides is 2. The molecule has 0 fully saturated rings. The number of nitrogens with zero attached hydrogens (tertiary/aromatic N) is 1. The number of rotatable bonds is 3. The summed E-state index contributed by atoms with van der Waals surface area (Å²) in [5.41, 5.74) is -0.824. The lowest BCUT2D eigenvalue weighted by Crippen LogP contribution is -2.05. The fourth-order valence-electron chi connectivity index (χ4n) is 0.964. The number of hydrogen-bond acceptors (Lipinski definition) is 3. The van der Waals surface area contributed by atoms with Crippen molar-refractivity contribution in [3.8, 4) is 5.75 Å². The van der Waals surface area contributed by atoms with E-state index in [1.54, 1.807) is 0 Å². The van der Waals surface area contributed by atoms with Gasteiger partial charge >= 0.3 is 6.61 Å². The van der Waals surface area contributed by atoms with Crippen LogP contribution in [-0.2, 0) is 0 Å². The quantitative estimate of drug-likeness (QED) is 0.582. The number of nitro benzene ring substituents is 1. The van der Waals surface area contributed by atoms with E-state index < -0.39 is 28.8 Å². The molecule has 7 heteroatoms. The standard InChI is InChI=1S/C8H6F3NO3/c1-4-6(9)2-5(12(13)14)3-7(4)15-8(10)11/h2-3,8H,1H3. The van der Waals surface area contributed by atoms with E-state index in [-0.39, 0.29) is 5.56 Å². The zero-order valence-electron chi connectivity index (χ0n) is 7.54. The molecule has 15 heavy (non-hydrogen) atoms. The molecule has 0 radical (unpaired) electrons. The molecule has 4 nitrogen and oxygen atoms in total. The smallest absolute Gasteiger partial charge is 0.387 e. The van der Waals surface area contributed by atoms with Crippen LogP contribution in [0.15, 0.2) is 12.1 Å². The highest BCUT2D eigenvalue weighted by Gasteiger charge is 2.17. The maximum Gasteiger partial charge on any atom is 0.387 e. The van der Waals surface area contributed by atoms with Crippen LogP contribution in [0.1, 0.15) is 5.56 Å². The molecule has 0 heterocycles. The van der Waals surface area contributed by atoms with Gasteiger partial charge in [0.1, 0.15) is 11.6 Å². The average molecular weight is 221 g/mol. The first-order valence-electron chi connectivity index (χ1n) is 3.81. The number of halogens is 3. The molecule has 0 saturated carbocycles. The fraction of sp³-hybridized carbons (Fsp3) is 0.250. The van der Waals surface area contributed by atoms with E-state index in [2.05, 4.69) is 4.74 Å². The molecule has 0 amide bonds. The normalized spacial score (nSPS) is 10.5. The maximum absolute atomic E-state index is 13.0. The molecule has 1 aromatic carbocycles. The van der Waals surface area contributed by atoms with Crippen molar-refractivity contribution in [3.63, 3.8) is 0 Å². The van der Waals surface area contributed by atoms with Crippen LogP contribution < -0.4 is 4.74 Å². The predicted molar refractivity (Wildman–Crippen MR) is 44.4 cm³/mol. The second kappa shape index (κ2) is 4.16. The number of ether oxygens (including phenoxy) is 1. The summed E-state index contributed by atoms with van der Waals surface area (Å²) in [4.78, 5) is 9.41. The highest BCUT2D eigenvalue weighted by atomic mass is 19.3. The predicted octanol–water partition coefficient (Wildman–Crippen LogP) is 2.64. The van der Waals surface area contributed by atoms with Gasteiger partial charge in [0.15, 0.2) is 0 Å². The van der Waals surface area contributed by atoms with Gasteiger partial charge in [-0.05, 0) is 6.92 Å². The van der Waals surface area contributed by atoms with Crippen LogP contribution in [0.2, 0.25) is 0 Å². The topological polar surface area (TPSA) is 52.4 Å². The average Bonchev–Trinajstić information content (AvgIpc) is 2.11. The lowest BCUT2D eigenvalue weighted by Gasteiger charge is -2.07. The molecule has 0 aromatic heterocycles. The van der Waals surface area contributed by atoms with E-state index >= 15 is 0 Å². The molecule has 0 saturated heterocycles. The van der Waals surface area contributed by atoms with Gasteiger partial charge in [0.05, 0.1) is 17.1 Å². The zero-order chi connectivity index (χ0) is 11.6. The highest BCUT2D eigenvalue weighted by molar-refractivity contribution is 5.44. The summed E-state index contributed by atoms with van der Waals surface area (Å²) in [6.45, 7) is -1.96. The summed E-state index contributed by atoms with van der Waals surface area (Å²) in [6.07, 6.45) is 0. The number of benzene rings is 1. The van der Waals surface area contributed by atoms with Gasteiger partial charge in [-0.15, -0.1) is 0 Å². The van der Waals surface area contributed by atoms with Crippen LogP contribution in [0, 0.1) is 22.9 Å². The zero-order valence-corrected chi connectivity index (χ0v) is 7.54. The minimum Gasteiger partial charge on any atom is -0.434 e. The molecule has 0 unspecified atom stereocenters.